The lowest BCUT2D eigenvalue weighted by Crippen LogP contribution is -2.23. The largest absolute Gasteiger partial charge is 0.486 e. The first-order chi connectivity index (χ1) is 9.83. The van der Waals surface area contributed by atoms with Crippen molar-refractivity contribution in [2.24, 2.45) is 0 Å². The van der Waals surface area contributed by atoms with Crippen molar-refractivity contribution in [3.8, 4) is 11.5 Å². The van der Waals surface area contributed by atoms with Gasteiger partial charge in [0.05, 0.1) is 6.10 Å². The van der Waals surface area contributed by atoms with Crippen LogP contribution in [0.3, 0.4) is 0 Å². The van der Waals surface area contributed by atoms with E-state index in [2.05, 4.69) is 24.4 Å². The Hall–Kier alpha value is -1.26. The fourth-order valence-electron chi connectivity index (χ4n) is 2.78. The van der Waals surface area contributed by atoms with Crippen LogP contribution in [-0.2, 0) is 4.74 Å². The van der Waals surface area contributed by atoms with Crippen molar-refractivity contribution in [3.05, 3.63) is 23.8 Å². The molecule has 0 saturated carbocycles. The zero-order chi connectivity index (χ0) is 13.8. The van der Waals surface area contributed by atoms with E-state index in [0.29, 0.717) is 25.4 Å². The molecular formula is C16H23NO3. The number of rotatable bonds is 5. The Morgan fingerprint density at radius 3 is 2.85 bits per heavy atom. The summed E-state index contributed by atoms with van der Waals surface area (Å²) in [7, 11) is 0. The van der Waals surface area contributed by atoms with Crippen molar-refractivity contribution < 1.29 is 14.2 Å². The van der Waals surface area contributed by atoms with Crippen LogP contribution in [0.5, 0.6) is 11.5 Å². The predicted octanol–water partition coefficient (Wildman–Crippen LogP) is 2.68. The van der Waals surface area contributed by atoms with Gasteiger partial charge in [0.15, 0.2) is 11.5 Å². The molecule has 1 saturated heterocycles. The van der Waals surface area contributed by atoms with Gasteiger partial charge in [-0.3, -0.25) is 0 Å². The molecule has 2 aliphatic heterocycles. The lowest BCUT2D eigenvalue weighted by Gasteiger charge is -2.21. The van der Waals surface area contributed by atoms with Gasteiger partial charge in [0.2, 0.25) is 0 Å². The van der Waals surface area contributed by atoms with Gasteiger partial charge in [0.25, 0.3) is 0 Å². The minimum absolute atomic E-state index is 0.312. The summed E-state index contributed by atoms with van der Waals surface area (Å²) in [6, 6.07) is 6.50. The lowest BCUT2D eigenvalue weighted by atomic mass is 10.1. The molecule has 0 radical (unpaired) electrons. The summed E-state index contributed by atoms with van der Waals surface area (Å²) in [5.74, 6) is 1.72. The number of hydrogen-bond acceptors (Lipinski definition) is 4. The molecule has 20 heavy (non-hydrogen) atoms. The van der Waals surface area contributed by atoms with E-state index < -0.39 is 0 Å². The highest BCUT2D eigenvalue weighted by atomic mass is 16.6. The zero-order valence-corrected chi connectivity index (χ0v) is 12.1. The van der Waals surface area contributed by atoms with E-state index in [1.54, 1.807) is 0 Å². The second-order valence-corrected chi connectivity index (χ2v) is 5.50. The maximum Gasteiger partial charge on any atom is 0.161 e. The van der Waals surface area contributed by atoms with E-state index in [1.165, 1.54) is 18.4 Å². The van der Waals surface area contributed by atoms with Crippen molar-refractivity contribution in [2.45, 2.75) is 38.3 Å². The Kier molecular flexibility index (Phi) is 4.43. The van der Waals surface area contributed by atoms with Crippen LogP contribution in [0, 0.1) is 0 Å². The van der Waals surface area contributed by atoms with E-state index in [0.717, 1.165) is 31.1 Å². The first-order valence-corrected chi connectivity index (χ1v) is 7.57. The molecule has 0 spiro atoms. The Morgan fingerprint density at radius 1 is 1.20 bits per heavy atom. The van der Waals surface area contributed by atoms with Gasteiger partial charge in [0.1, 0.15) is 13.2 Å². The van der Waals surface area contributed by atoms with Crippen molar-refractivity contribution in [2.75, 3.05) is 26.4 Å². The van der Waals surface area contributed by atoms with E-state index in [1.807, 2.05) is 6.07 Å². The smallest absolute Gasteiger partial charge is 0.161 e. The summed E-state index contributed by atoms with van der Waals surface area (Å²) < 4.78 is 16.8. The Balaban J connectivity index is 1.52. The average Bonchev–Trinajstić information content (AvgIpc) is 3.00. The molecule has 2 atom stereocenters. The number of hydrogen-bond donors (Lipinski definition) is 1. The zero-order valence-electron chi connectivity index (χ0n) is 12.1. The second kappa shape index (κ2) is 6.46. The van der Waals surface area contributed by atoms with Gasteiger partial charge in [-0.25, -0.2) is 0 Å². The highest BCUT2D eigenvalue weighted by Gasteiger charge is 2.17. The topological polar surface area (TPSA) is 39.7 Å². The van der Waals surface area contributed by atoms with Crippen LogP contribution in [0.25, 0.3) is 0 Å². The van der Waals surface area contributed by atoms with Gasteiger partial charge in [-0.05, 0) is 50.4 Å². The first-order valence-electron chi connectivity index (χ1n) is 7.57. The third-order valence-electron chi connectivity index (χ3n) is 4.01. The summed E-state index contributed by atoms with van der Waals surface area (Å²) in [5.41, 5.74) is 1.24. The molecule has 4 nitrogen and oxygen atoms in total. The SMILES string of the molecule is CC(NCCC1CCCO1)c1ccc2c(c1)OCCO2. The minimum Gasteiger partial charge on any atom is -0.486 e. The van der Waals surface area contributed by atoms with Gasteiger partial charge >= 0.3 is 0 Å². The van der Waals surface area contributed by atoms with E-state index >= 15 is 0 Å². The number of fused-ring (bicyclic) bond motifs is 1. The molecule has 1 N–H and O–H groups in total. The summed E-state index contributed by atoms with van der Waals surface area (Å²) in [5, 5.41) is 3.56. The van der Waals surface area contributed by atoms with Crippen LogP contribution < -0.4 is 14.8 Å². The van der Waals surface area contributed by atoms with Gasteiger partial charge in [-0.1, -0.05) is 6.07 Å². The maximum absolute atomic E-state index is 5.64. The molecule has 1 fully saturated rings. The molecular weight excluding hydrogens is 254 g/mol. The van der Waals surface area contributed by atoms with Gasteiger partial charge < -0.3 is 19.5 Å². The van der Waals surface area contributed by atoms with Crippen LogP contribution in [0.2, 0.25) is 0 Å². The van der Waals surface area contributed by atoms with Crippen LogP contribution in [0.1, 0.15) is 37.8 Å². The van der Waals surface area contributed by atoms with Crippen LogP contribution in [-0.4, -0.2) is 32.5 Å². The monoisotopic (exact) mass is 277 g/mol. The summed E-state index contributed by atoms with van der Waals surface area (Å²) in [6.45, 7) is 5.38. The Morgan fingerprint density at radius 2 is 2.05 bits per heavy atom. The molecule has 0 bridgehead atoms. The molecule has 0 aromatic heterocycles. The highest BCUT2D eigenvalue weighted by Crippen LogP contribution is 2.32. The molecule has 1 aromatic carbocycles. The van der Waals surface area contributed by atoms with Gasteiger partial charge in [-0.15, -0.1) is 0 Å². The van der Waals surface area contributed by atoms with Gasteiger partial charge in [0, 0.05) is 12.6 Å². The van der Waals surface area contributed by atoms with Crippen LogP contribution in [0.4, 0.5) is 0 Å². The summed E-state index contributed by atoms with van der Waals surface area (Å²) in [4.78, 5) is 0. The Bertz CT molecular complexity index is 443. The average molecular weight is 277 g/mol. The van der Waals surface area contributed by atoms with Crippen LogP contribution >= 0.6 is 0 Å². The molecule has 2 unspecified atom stereocenters. The normalized spacial score (nSPS) is 22.8. The molecule has 2 aliphatic rings. The van der Waals surface area contributed by atoms with Crippen molar-refractivity contribution in [3.63, 3.8) is 0 Å². The van der Waals surface area contributed by atoms with Crippen molar-refractivity contribution >= 4 is 0 Å². The minimum atomic E-state index is 0.312. The second-order valence-electron chi connectivity index (χ2n) is 5.50. The predicted molar refractivity (Wildman–Crippen MR) is 77.4 cm³/mol. The standard InChI is InChI=1S/C16H23NO3/c1-12(17-7-6-14-3-2-8-18-14)13-4-5-15-16(11-13)20-10-9-19-15/h4-5,11-12,14,17H,2-3,6-10H2,1H3. The van der Waals surface area contributed by atoms with Crippen LogP contribution in [0.15, 0.2) is 18.2 Å². The fraction of sp³-hybridized carbons (Fsp3) is 0.625. The van der Waals surface area contributed by atoms with Crippen molar-refractivity contribution in [1.29, 1.82) is 0 Å². The third-order valence-corrected chi connectivity index (χ3v) is 4.01. The quantitative estimate of drug-likeness (QED) is 0.898. The van der Waals surface area contributed by atoms with Gasteiger partial charge in [-0.2, -0.15) is 0 Å². The Labute approximate surface area is 120 Å². The number of benzene rings is 1. The molecule has 0 aliphatic carbocycles. The maximum atomic E-state index is 5.64. The van der Waals surface area contributed by atoms with E-state index in [9.17, 15) is 0 Å². The molecule has 4 heteroatoms. The fourth-order valence-corrected chi connectivity index (χ4v) is 2.78. The van der Waals surface area contributed by atoms with E-state index in [4.69, 9.17) is 14.2 Å². The number of ether oxygens (including phenoxy) is 3. The van der Waals surface area contributed by atoms with Crippen molar-refractivity contribution in [1.82, 2.24) is 5.32 Å². The number of nitrogens with one attached hydrogen (secondary N) is 1. The lowest BCUT2D eigenvalue weighted by molar-refractivity contribution is 0.103. The summed E-state index contributed by atoms with van der Waals surface area (Å²) >= 11 is 0. The molecule has 1 aromatic rings. The molecule has 2 heterocycles. The van der Waals surface area contributed by atoms with E-state index in [-0.39, 0.29) is 0 Å². The third kappa shape index (κ3) is 3.25. The molecule has 110 valence electrons. The molecule has 0 amide bonds. The highest BCUT2D eigenvalue weighted by molar-refractivity contribution is 5.44. The first kappa shape index (κ1) is 13.7. The summed E-state index contributed by atoms with van der Waals surface area (Å²) in [6.07, 6.45) is 3.96. The molecule has 3 rings (SSSR count).